The number of anilines is 1. The number of nitrogens with one attached hydrogen (secondary N) is 1. The zero-order valence-corrected chi connectivity index (χ0v) is 12.5. The highest BCUT2D eigenvalue weighted by Gasteiger charge is 2.18. The molecule has 1 unspecified atom stereocenters. The summed E-state index contributed by atoms with van der Waals surface area (Å²) in [4.78, 5) is 11.5. The van der Waals surface area contributed by atoms with Gasteiger partial charge in [-0.25, -0.2) is 4.79 Å². The number of aryl methyl sites for hydroxylation is 1. The van der Waals surface area contributed by atoms with E-state index in [1.807, 2.05) is 56.3 Å². The van der Waals surface area contributed by atoms with E-state index in [9.17, 15) is 4.79 Å². The number of carbonyl (C=O) groups excluding carboxylic acids is 1. The van der Waals surface area contributed by atoms with Crippen LogP contribution in [-0.4, -0.2) is 13.2 Å². The molecule has 4 heteroatoms. The number of rotatable bonds is 3. The Balaban J connectivity index is 2.49. The van der Waals surface area contributed by atoms with Crippen LogP contribution in [0.5, 0.6) is 0 Å². The average Bonchev–Trinajstić information content (AvgIpc) is 2.51. The van der Waals surface area contributed by atoms with Crippen LogP contribution in [-0.2, 0) is 4.74 Å². The second kappa shape index (κ2) is 6.41. The zero-order valence-electron chi connectivity index (χ0n) is 12.5. The van der Waals surface area contributed by atoms with Gasteiger partial charge in [-0.05, 0) is 36.6 Å². The monoisotopic (exact) mass is 284 g/mol. The average molecular weight is 284 g/mol. The summed E-state index contributed by atoms with van der Waals surface area (Å²) in [7, 11) is 1.34. The van der Waals surface area contributed by atoms with Gasteiger partial charge in [0.2, 0.25) is 0 Å². The van der Waals surface area contributed by atoms with E-state index in [0.717, 1.165) is 22.3 Å². The van der Waals surface area contributed by atoms with Crippen molar-refractivity contribution in [2.75, 3.05) is 12.4 Å². The van der Waals surface area contributed by atoms with Gasteiger partial charge in [0.15, 0.2) is 0 Å². The van der Waals surface area contributed by atoms with Gasteiger partial charge in [0.1, 0.15) is 0 Å². The Hall–Kier alpha value is -2.33. The Labute approximate surface area is 124 Å². The number of ether oxygens (including phenoxy) is 1. The van der Waals surface area contributed by atoms with E-state index in [1.165, 1.54) is 7.11 Å². The molecule has 2 aromatic carbocycles. The Kier molecular flexibility index (Phi) is 4.60. The molecule has 0 saturated heterocycles. The molecule has 0 radical (unpaired) electrons. The molecule has 0 aromatic heterocycles. The highest BCUT2D eigenvalue weighted by Crippen LogP contribution is 2.31. The van der Waals surface area contributed by atoms with Crippen LogP contribution >= 0.6 is 0 Å². The number of carbonyl (C=O) groups is 1. The van der Waals surface area contributed by atoms with Crippen LogP contribution in [0.4, 0.5) is 10.5 Å². The molecule has 0 aliphatic heterocycles. The van der Waals surface area contributed by atoms with Crippen molar-refractivity contribution in [2.24, 2.45) is 5.73 Å². The Morgan fingerprint density at radius 2 is 1.81 bits per heavy atom. The molecule has 21 heavy (non-hydrogen) atoms. The van der Waals surface area contributed by atoms with E-state index in [-0.39, 0.29) is 6.04 Å². The van der Waals surface area contributed by atoms with Crippen molar-refractivity contribution in [1.82, 2.24) is 0 Å². The van der Waals surface area contributed by atoms with Crippen LogP contribution in [0.2, 0.25) is 0 Å². The highest BCUT2D eigenvalue weighted by atomic mass is 16.5. The third-order valence-electron chi connectivity index (χ3n) is 3.68. The second-order valence-electron chi connectivity index (χ2n) is 4.97. The molecule has 0 fully saturated rings. The minimum absolute atomic E-state index is 0.307. The smallest absolute Gasteiger partial charge is 0.411 e. The van der Waals surface area contributed by atoms with Crippen LogP contribution < -0.4 is 11.1 Å². The summed E-state index contributed by atoms with van der Waals surface area (Å²) in [6, 6.07) is 13.3. The Morgan fingerprint density at radius 1 is 1.14 bits per heavy atom. The molecular weight excluding hydrogens is 264 g/mol. The van der Waals surface area contributed by atoms with Crippen molar-refractivity contribution in [3.05, 3.63) is 64.7 Å². The van der Waals surface area contributed by atoms with E-state index >= 15 is 0 Å². The molecule has 0 bridgehead atoms. The van der Waals surface area contributed by atoms with Crippen LogP contribution in [0.15, 0.2) is 42.5 Å². The maximum atomic E-state index is 11.5. The molecular formula is C17H20N2O2. The lowest BCUT2D eigenvalue weighted by Gasteiger charge is -2.21. The standard InChI is InChI=1S/C17H20N2O2/c1-11-9-10-14(19-17(20)21-3)15(12(11)2)16(18)13-7-5-4-6-8-13/h4-10,16H,18H2,1-3H3,(H,19,20). The minimum atomic E-state index is -0.500. The van der Waals surface area contributed by atoms with Crippen molar-refractivity contribution in [2.45, 2.75) is 19.9 Å². The van der Waals surface area contributed by atoms with Gasteiger partial charge in [0, 0.05) is 11.3 Å². The third kappa shape index (κ3) is 3.23. The van der Waals surface area contributed by atoms with Gasteiger partial charge in [-0.3, -0.25) is 5.32 Å². The first-order valence-corrected chi connectivity index (χ1v) is 6.80. The number of nitrogens with two attached hydrogens (primary N) is 1. The lowest BCUT2D eigenvalue weighted by molar-refractivity contribution is 0.187. The molecule has 1 atom stereocenters. The molecule has 0 aliphatic carbocycles. The Bertz CT molecular complexity index is 639. The lowest BCUT2D eigenvalue weighted by atomic mass is 9.91. The van der Waals surface area contributed by atoms with Crippen molar-refractivity contribution in [3.63, 3.8) is 0 Å². The maximum Gasteiger partial charge on any atom is 0.411 e. The SMILES string of the molecule is COC(=O)Nc1ccc(C)c(C)c1C(N)c1ccccc1. The molecule has 0 aliphatic rings. The summed E-state index contributed by atoms with van der Waals surface area (Å²) in [6.07, 6.45) is -0.500. The van der Waals surface area contributed by atoms with Crippen LogP contribution in [0.3, 0.4) is 0 Å². The summed E-state index contributed by atoms with van der Waals surface area (Å²) in [6.45, 7) is 4.04. The first kappa shape index (κ1) is 15.1. The first-order chi connectivity index (χ1) is 10.0. The minimum Gasteiger partial charge on any atom is -0.453 e. The molecule has 2 rings (SSSR count). The lowest BCUT2D eigenvalue weighted by Crippen LogP contribution is -2.19. The number of methoxy groups -OCH3 is 1. The molecule has 110 valence electrons. The van der Waals surface area contributed by atoms with Crippen molar-refractivity contribution < 1.29 is 9.53 Å². The fourth-order valence-corrected chi connectivity index (χ4v) is 2.34. The van der Waals surface area contributed by atoms with Crippen LogP contribution in [0.1, 0.15) is 28.3 Å². The van der Waals surface area contributed by atoms with Gasteiger partial charge < -0.3 is 10.5 Å². The number of benzene rings is 2. The molecule has 3 N–H and O–H groups in total. The zero-order chi connectivity index (χ0) is 15.4. The largest absolute Gasteiger partial charge is 0.453 e. The highest BCUT2D eigenvalue weighted by molar-refractivity contribution is 5.86. The van der Waals surface area contributed by atoms with Gasteiger partial charge in [0.25, 0.3) is 0 Å². The topological polar surface area (TPSA) is 64.3 Å². The van der Waals surface area contributed by atoms with Gasteiger partial charge in [-0.2, -0.15) is 0 Å². The van der Waals surface area contributed by atoms with E-state index in [0.29, 0.717) is 5.69 Å². The number of amides is 1. The van der Waals surface area contributed by atoms with Crippen molar-refractivity contribution in [1.29, 1.82) is 0 Å². The number of hydrogen-bond donors (Lipinski definition) is 2. The normalized spacial score (nSPS) is 11.8. The molecule has 0 spiro atoms. The second-order valence-corrected chi connectivity index (χ2v) is 4.97. The van der Waals surface area contributed by atoms with Gasteiger partial charge in [-0.15, -0.1) is 0 Å². The van der Waals surface area contributed by atoms with Gasteiger partial charge in [-0.1, -0.05) is 36.4 Å². The first-order valence-electron chi connectivity index (χ1n) is 6.80. The van der Waals surface area contributed by atoms with E-state index in [1.54, 1.807) is 0 Å². The van der Waals surface area contributed by atoms with Crippen LogP contribution in [0, 0.1) is 13.8 Å². The summed E-state index contributed by atoms with van der Waals surface area (Å²) in [5.41, 5.74) is 11.2. The Morgan fingerprint density at radius 3 is 2.43 bits per heavy atom. The van der Waals surface area contributed by atoms with E-state index < -0.39 is 6.09 Å². The maximum absolute atomic E-state index is 11.5. The number of hydrogen-bond acceptors (Lipinski definition) is 3. The molecule has 0 saturated carbocycles. The summed E-state index contributed by atoms with van der Waals surface area (Å²) in [5, 5.41) is 2.74. The van der Waals surface area contributed by atoms with Crippen molar-refractivity contribution in [3.8, 4) is 0 Å². The molecule has 2 aromatic rings. The predicted octanol–water partition coefficient (Wildman–Crippen LogP) is 3.53. The fourth-order valence-electron chi connectivity index (χ4n) is 2.34. The fraction of sp³-hybridized carbons (Fsp3) is 0.235. The third-order valence-corrected chi connectivity index (χ3v) is 3.68. The van der Waals surface area contributed by atoms with Gasteiger partial charge >= 0.3 is 6.09 Å². The van der Waals surface area contributed by atoms with E-state index in [4.69, 9.17) is 5.73 Å². The summed E-state index contributed by atoms with van der Waals surface area (Å²) >= 11 is 0. The quantitative estimate of drug-likeness (QED) is 0.906. The van der Waals surface area contributed by atoms with Crippen LogP contribution in [0.25, 0.3) is 0 Å². The summed E-state index contributed by atoms with van der Waals surface area (Å²) < 4.78 is 4.67. The molecule has 1 amide bonds. The van der Waals surface area contributed by atoms with Gasteiger partial charge in [0.05, 0.1) is 13.2 Å². The predicted molar refractivity (Wildman–Crippen MR) is 84.4 cm³/mol. The van der Waals surface area contributed by atoms with E-state index in [2.05, 4.69) is 10.1 Å². The molecule has 0 heterocycles. The summed E-state index contributed by atoms with van der Waals surface area (Å²) in [5.74, 6) is 0. The van der Waals surface area contributed by atoms with Crippen molar-refractivity contribution >= 4 is 11.8 Å². The molecule has 4 nitrogen and oxygen atoms in total.